The van der Waals surface area contributed by atoms with E-state index in [1.54, 1.807) is 6.20 Å². The largest absolute Gasteiger partial charge is 0.306 e. The van der Waals surface area contributed by atoms with Gasteiger partial charge in [-0.3, -0.25) is 4.79 Å². The molecule has 0 spiro atoms. The van der Waals surface area contributed by atoms with Crippen LogP contribution in [0, 0.1) is 19.8 Å². The van der Waals surface area contributed by atoms with Gasteiger partial charge in [-0.2, -0.15) is 5.10 Å². The van der Waals surface area contributed by atoms with Crippen LogP contribution < -0.4 is 0 Å². The molecule has 0 amide bonds. The zero-order valence-corrected chi connectivity index (χ0v) is 12.4. The van der Waals surface area contributed by atoms with E-state index in [0.717, 1.165) is 48.3 Å². The number of hydrogen-bond acceptors (Lipinski definition) is 3. The van der Waals surface area contributed by atoms with Crippen LogP contribution in [0.15, 0.2) is 18.3 Å². The maximum absolute atomic E-state index is 12.9. The molecule has 0 unspecified atom stereocenters. The van der Waals surface area contributed by atoms with Gasteiger partial charge in [0.1, 0.15) is 5.69 Å². The molecule has 2 aromatic rings. The van der Waals surface area contributed by atoms with Gasteiger partial charge in [-0.25, -0.2) is 4.52 Å². The summed E-state index contributed by atoms with van der Waals surface area (Å²) in [6, 6.07) is 3.95. The quantitative estimate of drug-likeness (QED) is 0.788. The highest BCUT2D eigenvalue weighted by Crippen LogP contribution is 2.27. The second-order valence-electron chi connectivity index (χ2n) is 5.86. The number of Topliss-reactive ketones (excluding diaryl/α,β-unsaturated/α-hetero) is 1. The number of hydrogen-bond donors (Lipinski definition) is 0. The van der Waals surface area contributed by atoms with Crippen LogP contribution in [0.25, 0.3) is 5.52 Å². The predicted molar refractivity (Wildman–Crippen MR) is 79.2 cm³/mol. The number of carbonyl (C=O) groups is 1. The molecular weight excluding hydrogens is 250 g/mol. The predicted octanol–water partition coefficient (Wildman–Crippen LogP) is 2.48. The minimum atomic E-state index is 0.143. The molecule has 4 nitrogen and oxygen atoms in total. The van der Waals surface area contributed by atoms with Gasteiger partial charge < -0.3 is 4.90 Å². The van der Waals surface area contributed by atoms with Crippen molar-refractivity contribution < 1.29 is 4.79 Å². The average molecular weight is 271 g/mol. The van der Waals surface area contributed by atoms with Crippen molar-refractivity contribution in [1.82, 2.24) is 14.5 Å². The molecule has 20 heavy (non-hydrogen) atoms. The van der Waals surface area contributed by atoms with Crippen molar-refractivity contribution in [2.75, 3.05) is 20.1 Å². The van der Waals surface area contributed by atoms with E-state index >= 15 is 0 Å². The SMILES string of the molecule is Cc1c(C)c2cccnn2c1C(=O)C1CCN(C)CC1. The van der Waals surface area contributed by atoms with Crippen LogP contribution in [0.1, 0.15) is 34.5 Å². The number of aromatic nitrogens is 2. The summed E-state index contributed by atoms with van der Waals surface area (Å²) in [5, 5.41) is 4.38. The third kappa shape index (κ3) is 2.04. The molecule has 0 bridgehead atoms. The number of ketones is 1. The van der Waals surface area contributed by atoms with Crippen LogP contribution in [0.4, 0.5) is 0 Å². The Morgan fingerprint density at radius 1 is 1.25 bits per heavy atom. The summed E-state index contributed by atoms with van der Waals surface area (Å²) >= 11 is 0. The molecule has 0 aliphatic carbocycles. The molecule has 2 aromatic heterocycles. The summed E-state index contributed by atoms with van der Waals surface area (Å²) in [6.07, 6.45) is 3.65. The van der Waals surface area contributed by atoms with E-state index in [0.29, 0.717) is 0 Å². The minimum Gasteiger partial charge on any atom is -0.306 e. The van der Waals surface area contributed by atoms with Crippen LogP contribution in [-0.4, -0.2) is 40.4 Å². The van der Waals surface area contributed by atoms with Gasteiger partial charge in [-0.15, -0.1) is 0 Å². The molecule has 1 aliphatic heterocycles. The monoisotopic (exact) mass is 271 g/mol. The molecule has 106 valence electrons. The maximum Gasteiger partial charge on any atom is 0.184 e. The van der Waals surface area contributed by atoms with Crippen molar-refractivity contribution in [1.29, 1.82) is 0 Å². The van der Waals surface area contributed by atoms with Crippen molar-refractivity contribution in [3.63, 3.8) is 0 Å². The normalized spacial score (nSPS) is 17.8. The summed E-state index contributed by atoms with van der Waals surface area (Å²) < 4.78 is 1.82. The number of aryl methyl sites for hydroxylation is 1. The van der Waals surface area contributed by atoms with Crippen molar-refractivity contribution in [2.45, 2.75) is 26.7 Å². The first-order chi connectivity index (χ1) is 9.59. The number of likely N-dealkylation sites (tertiary alicyclic amines) is 1. The lowest BCUT2D eigenvalue weighted by Gasteiger charge is -2.27. The van der Waals surface area contributed by atoms with E-state index in [1.165, 1.54) is 0 Å². The fourth-order valence-corrected chi connectivity index (χ4v) is 3.12. The van der Waals surface area contributed by atoms with Gasteiger partial charge in [-0.05, 0) is 70.1 Å². The first-order valence-corrected chi connectivity index (χ1v) is 7.25. The van der Waals surface area contributed by atoms with Gasteiger partial charge in [0.25, 0.3) is 0 Å². The minimum absolute atomic E-state index is 0.143. The first kappa shape index (κ1) is 13.3. The number of piperidine rings is 1. The van der Waals surface area contributed by atoms with E-state index in [2.05, 4.69) is 24.0 Å². The van der Waals surface area contributed by atoms with Crippen molar-refractivity contribution in [3.05, 3.63) is 35.2 Å². The van der Waals surface area contributed by atoms with Gasteiger partial charge in [0.05, 0.1) is 5.52 Å². The molecule has 1 fully saturated rings. The lowest BCUT2D eigenvalue weighted by molar-refractivity contribution is 0.0849. The Morgan fingerprint density at radius 2 is 1.95 bits per heavy atom. The van der Waals surface area contributed by atoms with Crippen LogP contribution in [0.3, 0.4) is 0 Å². The molecule has 0 saturated carbocycles. The van der Waals surface area contributed by atoms with E-state index in [4.69, 9.17) is 0 Å². The van der Waals surface area contributed by atoms with E-state index < -0.39 is 0 Å². The van der Waals surface area contributed by atoms with E-state index in [1.807, 2.05) is 23.6 Å². The third-order valence-corrected chi connectivity index (χ3v) is 4.59. The maximum atomic E-state index is 12.9. The zero-order chi connectivity index (χ0) is 14.3. The van der Waals surface area contributed by atoms with E-state index in [9.17, 15) is 4.79 Å². The third-order valence-electron chi connectivity index (χ3n) is 4.59. The molecular formula is C16H21N3O. The Labute approximate surface area is 119 Å². The highest BCUT2D eigenvalue weighted by Gasteiger charge is 2.28. The van der Waals surface area contributed by atoms with Crippen molar-refractivity contribution in [2.24, 2.45) is 5.92 Å². The summed E-state index contributed by atoms with van der Waals surface area (Å²) in [4.78, 5) is 15.2. The summed E-state index contributed by atoms with van der Waals surface area (Å²) in [6.45, 7) is 6.11. The highest BCUT2D eigenvalue weighted by molar-refractivity contribution is 5.99. The summed E-state index contributed by atoms with van der Waals surface area (Å²) in [7, 11) is 2.12. The number of nitrogens with zero attached hydrogens (tertiary/aromatic N) is 3. The lowest BCUT2D eigenvalue weighted by Crippen LogP contribution is -2.34. The molecule has 3 rings (SSSR count). The Bertz CT molecular complexity index is 651. The van der Waals surface area contributed by atoms with Gasteiger partial charge in [-0.1, -0.05) is 0 Å². The summed E-state index contributed by atoms with van der Waals surface area (Å²) in [5.74, 6) is 0.404. The Morgan fingerprint density at radius 3 is 2.65 bits per heavy atom. The molecule has 1 saturated heterocycles. The van der Waals surface area contributed by atoms with Crippen LogP contribution in [-0.2, 0) is 0 Å². The highest BCUT2D eigenvalue weighted by atomic mass is 16.1. The van der Waals surface area contributed by atoms with Crippen molar-refractivity contribution in [3.8, 4) is 0 Å². The number of carbonyl (C=O) groups excluding carboxylic acids is 1. The molecule has 0 aromatic carbocycles. The van der Waals surface area contributed by atoms with Crippen LogP contribution in [0.2, 0.25) is 0 Å². The molecule has 0 N–H and O–H groups in total. The standard InChI is InChI=1S/C16H21N3O/c1-11-12(2)15(19-14(11)5-4-8-17-19)16(20)13-6-9-18(3)10-7-13/h4-5,8,13H,6-7,9-10H2,1-3H3. The number of rotatable bonds is 2. The molecule has 3 heterocycles. The van der Waals surface area contributed by atoms with E-state index in [-0.39, 0.29) is 11.7 Å². The lowest BCUT2D eigenvalue weighted by atomic mass is 9.90. The molecule has 0 radical (unpaired) electrons. The average Bonchev–Trinajstić information content (AvgIpc) is 2.72. The number of fused-ring (bicyclic) bond motifs is 1. The van der Waals surface area contributed by atoms with Gasteiger partial charge in [0, 0.05) is 12.1 Å². The van der Waals surface area contributed by atoms with Crippen LogP contribution >= 0.6 is 0 Å². The molecule has 4 heteroatoms. The smallest absolute Gasteiger partial charge is 0.184 e. The topological polar surface area (TPSA) is 37.6 Å². The first-order valence-electron chi connectivity index (χ1n) is 7.25. The Hall–Kier alpha value is -1.68. The fraction of sp³-hybridized carbons (Fsp3) is 0.500. The second kappa shape index (κ2) is 5.02. The molecule has 0 atom stereocenters. The van der Waals surface area contributed by atoms with Gasteiger partial charge >= 0.3 is 0 Å². The van der Waals surface area contributed by atoms with Gasteiger partial charge in [0.15, 0.2) is 5.78 Å². The fourth-order valence-electron chi connectivity index (χ4n) is 3.12. The van der Waals surface area contributed by atoms with Crippen molar-refractivity contribution >= 4 is 11.3 Å². The zero-order valence-electron chi connectivity index (χ0n) is 12.4. The Kier molecular flexibility index (Phi) is 3.34. The second-order valence-corrected chi connectivity index (χ2v) is 5.86. The summed E-state index contributed by atoms with van der Waals surface area (Å²) in [5.41, 5.74) is 4.07. The Balaban J connectivity index is 2.01. The van der Waals surface area contributed by atoms with Crippen LogP contribution in [0.5, 0.6) is 0 Å². The molecule has 1 aliphatic rings. The van der Waals surface area contributed by atoms with Gasteiger partial charge in [0.2, 0.25) is 0 Å².